The van der Waals surface area contributed by atoms with Gasteiger partial charge in [0, 0.05) is 10.0 Å². The molecule has 1 N–H and O–H groups in total. The number of amides is 1. The van der Waals surface area contributed by atoms with Crippen molar-refractivity contribution in [2.75, 3.05) is 13.7 Å². The lowest BCUT2D eigenvalue weighted by molar-refractivity contribution is -0.124. The van der Waals surface area contributed by atoms with E-state index in [9.17, 15) is 9.59 Å². The molecule has 7 heteroatoms. The third kappa shape index (κ3) is 5.37. The van der Waals surface area contributed by atoms with E-state index in [0.29, 0.717) is 21.4 Å². The number of methoxy groups -OCH3 is 1. The minimum absolute atomic E-state index is 0.336. The number of carbonyl (C=O) groups is 2. The quantitative estimate of drug-likeness (QED) is 0.766. The number of halogens is 2. The zero-order chi connectivity index (χ0) is 18.4. The van der Waals surface area contributed by atoms with Crippen molar-refractivity contribution in [3.8, 4) is 5.75 Å². The Labute approximate surface area is 155 Å². The number of ether oxygens (including phenoxy) is 2. The van der Waals surface area contributed by atoms with Crippen LogP contribution in [0, 0.1) is 0 Å². The highest BCUT2D eigenvalue weighted by atomic mass is 35.5. The topological polar surface area (TPSA) is 64.6 Å². The normalized spacial score (nSPS) is 11.5. The van der Waals surface area contributed by atoms with Crippen LogP contribution in [-0.2, 0) is 9.53 Å². The lowest BCUT2D eigenvalue weighted by Crippen LogP contribution is -2.31. The molecule has 2 rings (SSSR count). The molecule has 0 fully saturated rings. The fourth-order valence-electron chi connectivity index (χ4n) is 2.16. The van der Waals surface area contributed by atoms with Crippen LogP contribution in [0.1, 0.15) is 28.9 Å². The summed E-state index contributed by atoms with van der Waals surface area (Å²) in [6.45, 7) is 1.39. The van der Waals surface area contributed by atoms with Crippen molar-refractivity contribution >= 4 is 35.1 Å². The molecule has 2 aromatic carbocycles. The molecule has 0 aliphatic carbocycles. The zero-order valence-corrected chi connectivity index (χ0v) is 15.2. The maximum Gasteiger partial charge on any atom is 0.338 e. The Morgan fingerprint density at radius 2 is 1.80 bits per heavy atom. The van der Waals surface area contributed by atoms with Gasteiger partial charge in [-0.15, -0.1) is 0 Å². The summed E-state index contributed by atoms with van der Waals surface area (Å²) in [4.78, 5) is 23.9. The highest BCUT2D eigenvalue weighted by Crippen LogP contribution is 2.26. The Morgan fingerprint density at radius 1 is 1.12 bits per heavy atom. The monoisotopic (exact) mass is 381 g/mol. The fraction of sp³-hybridized carbons (Fsp3) is 0.222. The minimum atomic E-state index is -0.588. The summed E-state index contributed by atoms with van der Waals surface area (Å²) in [5.74, 6) is -0.390. The van der Waals surface area contributed by atoms with Crippen molar-refractivity contribution < 1.29 is 19.1 Å². The second-order valence-electron chi connectivity index (χ2n) is 5.26. The van der Waals surface area contributed by atoms with Crippen LogP contribution in [0.2, 0.25) is 10.0 Å². The zero-order valence-electron chi connectivity index (χ0n) is 13.7. The van der Waals surface area contributed by atoms with E-state index in [0.717, 1.165) is 5.56 Å². The third-order valence-corrected chi connectivity index (χ3v) is 4.03. The van der Waals surface area contributed by atoms with E-state index in [4.69, 9.17) is 32.7 Å². The van der Waals surface area contributed by atoms with Gasteiger partial charge in [-0.25, -0.2) is 4.79 Å². The molecule has 0 aliphatic rings. The Balaban J connectivity index is 1.88. The van der Waals surface area contributed by atoms with Gasteiger partial charge in [-0.1, -0.05) is 29.3 Å². The first kappa shape index (κ1) is 19.1. The van der Waals surface area contributed by atoms with Crippen molar-refractivity contribution in [2.24, 2.45) is 0 Å². The molecule has 0 bridgehead atoms. The Kier molecular flexibility index (Phi) is 6.67. The van der Waals surface area contributed by atoms with Crippen LogP contribution in [0.15, 0.2) is 42.5 Å². The first-order valence-corrected chi connectivity index (χ1v) is 8.21. The van der Waals surface area contributed by atoms with Gasteiger partial charge >= 0.3 is 5.97 Å². The molecule has 5 nitrogen and oxygen atoms in total. The van der Waals surface area contributed by atoms with E-state index in [1.807, 2.05) is 0 Å². The van der Waals surface area contributed by atoms with E-state index in [1.165, 1.54) is 7.11 Å². The third-order valence-electron chi connectivity index (χ3n) is 3.47. The van der Waals surface area contributed by atoms with Crippen LogP contribution in [0.5, 0.6) is 5.75 Å². The summed E-state index contributed by atoms with van der Waals surface area (Å²) < 4.78 is 10.0. The van der Waals surface area contributed by atoms with E-state index >= 15 is 0 Å². The van der Waals surface area contributed by atoms with Gasteiger partial charge in [0.25, 0.3) is 5.91 Å². The molecule has 0 heterocycles. The molecule has 1 unspecified atom stereocenters. The Hall–Kier alpha value is -2.24. The van der Waals surface area contributed by atoms with Gasteiger partial charge < -0.3 is 14.8 Å². The van der Waals surface area contributed by atoms with Gasteiger partial charge in [0.05, 0.1) is 18.7 Å². The molecule has 132 valence electrons. The molecular formula is C18H17Cl2NO4. The van der Waals surface area contributed by atoms with Crippen LogP contribution in [0.3, 0.4) is 0 Å². The van der Waals surface area contributed by atoms with E-state index in [1.54, 1.807) is 49.4 Å². The number of hydrogen-bond donors (Lipinski definition) is 1. The number of rotatable bonds is 6. The molecule has 0 saturated carbocycles. The minimum Gasteiger partial charge on any atom is -0.497 e. The van der Waals surface area contributed by atoms with E-state index < -0.39 is 11.9 Å². The molecule has 0 radical (unpaired) electrons. The smallest absolute Gasteiger partial charge is 0.338 e. The van der Waals surface area contributed by atoms with Crippen molar-refractivity contribution in [1.29, 1.82) is 0 Å². The molecule has 0 aromatic heterocycles. The summed E-state index contributed by atoms with van der Waals surface area (Å²) >= 11 is 12.0. The maximum atomic E-state index is 12.0. The number of nitrogens with one attached hydrogen (secondary N) is 1. The number of hydrogen-bond acceptors (Lipinski definition) is 4. The van der Waals surface area contributed by atoms with Gasteiger partial charge in [-0.05, 0) is 48.9 Å². The molecule has 0 spiro atoms. The predicted octanol–water partition coefficient (Wildman–Crippen LogP) is 4.04. The van der Waals surface area contributed by atoms with Gasteiger partial charge in [0.15, 0.2) is 6.61 Å². The van der Waals surface area contributed by atoms with Gasteiger partial charge in [-0.2, -0.15) is 0 Å². The summed E-state index contributed by atoms with van der Waals surface area (Å²) in [5, 5.41) is 3.69. The molecule has 0 saturated heterocycles. The van der Waals surface area contributed by atoms with Crippen LogP contribution in [0.25, 0.3) is 0 Å². The lowest BCUT2D eigenvalue weighted by Gasteiger charge is -2.16. The molecule has 0 aliphatic heterocycles. The Bertz CT molecular complexity index is 762. The van der Waals surface area contributed by atoms with Crippen molar-refractivity contribution in [2.45, 2.75) is 13.0 Å². The second kappa shape index (κ2) is 8.74. The van der Waals surface area contributed by atoms with Crippen LogP contribution in [0.4, 0.5) is 0 Å². The largest absolute Gasteiger partial charge is 0.497 e. The number of esters is 1. The number of carbonyl (C=O) groups excluding carboxylic acids is 2. The van der Waals surface area contributed by atoms with Crippen LogP contribution in [-0.4, -0.2) is 25.6 Å². The highest BCUT2D eigenvalue weighted by Gasteiger charge is 2.15. The maximum absolute atomic E-state index is 12.0. The average Bonchev–Trinajstić information content (AvgIpc) is 2.59. The van der Waals surface area contributed by atoms with E-state index in [-0.39, 0.29) is 12.6 Å². The predicted molar refractivity (Wildman–Crippen MR) is 96.3 cm³/mol. The van der Waals surface area contributed by atoms with Crippen LogP contribution >= 0.6 is 23.2 Å². The van der Waals surface area contributed by atoms with Gasteiger partial charge in [0.2, 0.25) is 0 Å². The van der Waals surface area contributed by atoms with Gasteiger partial charge in [-0.3, -0.25) is 4.79 Å². The first-order chi connectivity index (χ1) is 11.9. The fourth-order valence-corrected chi connectivity index (χ4v) is 2.73. The molecule has 2 aromatic rings. The highest BCUT2D eigenvalue weighted by molar-refractivity contribution is 6.35. The molecule has 1 atom stereocenters. The van der Waals surface area contributed by atoms with Crippen molar-refractivity contribution in [1.82, 2.24) is 5.32 Å². The van der Waals surface area contributed by atoms with E-state index in [2.05, 4.69) is 5.32 Å². The van der Waals surface area contributed by atoms with Gasteiger partial charge in [0.1, 0.15) is 5.75 Å². The lowest BCUT2D eigenvalue weighted by atomic mass is 10.1. The summed E-state index contributed by atoms with van der Waals surface area (Å²) in [6, 6.07) is 11.1. The van der Waals surface area contributed by atoms with Crippen molar-refractivity contribution in [3.63, 3.8) is 0 Å². The number of benzene rings is 2. The van der Waals surface area contributed by atoms with Crippen LogP contribution < -0.4 is 10.1 Å². The Morgan fingerprint density at radius 3 is 2.40 bits per heavy atom. The standard InChI is InChI=1S/C18H17Cl2NO4/c1-11(15-8-5-13(19)9-16(15)20)21-17(22)10-25-18(23)12-3-6-14(24-2)7-4-12/h3-9,11H,10H2,1-2H3,(H,21,22). The average molecular weight is 382 g/mol. The summed E-state index contributed by atoms with van der Waals surface area (Å²) in [6.07, 6.45) is 0. The van der Waals surface area contributed by atoms with Crippen molar-refractivity contribution in [3.05, 3.63) is 63.6 Å². The summed E-state index contributed by atoms with van der Waals surface area (Å²) in [7, 11) is 1.53. The second-order valence-corrected chi connectivity index (χ2v) is 6.10. The molecule has 1 amide bonds. The SMILES string of the molecule is COc1ccc(C(=O)OCC(=O)NC(C)c2ccc(Cl)cc2Cl)cc1. The molecular weight excluding hydrogens is 365 g/mol. The first-order valence-electron chi connectivity index (χ1n) is 7.46. The molecule has 25 heavy (non-hydrogen) atoms. The summed E-state index contributed by atoms with van der Waals surface area (Å²) in [5.41, 5.74) is 1.06.